The molecule has 2 N–H and O–H groups in total. The van der Waals surface area contributed by atoms with E-state index >= 15 is 0 Å². The van der Waals surface area contributed by atoms with Crippen molar-refractivity contribution < 1.29 is 4.79 Å². The molecule has 0 saturated carbocycles. The Kier molecular flexibility index (Phi) is 4.03. The average molecular weight is 273 g/mol. The fourth-order valence-corrected chi connectivity index (χ4v) is 3.34. The van der Waals surface area contributed by atoms with Crippen LogP contribution in [0.25, 0.3) is 0 Å². The molecule has 1 saturated heterocycles. The number of nitrogens with zero attached hydrogens (tertiary/aromatic N) is 1. The Morgan fingerprint density at radius 1 is 1.40 bits per heavy atom. The third-order valence-electron chi connectivity index (χ3n) is 4.47. The highest BCUT2D eigenvalue weighted by Crippen LogP contribution is 2.21. The Balaban J connectivity index is 1.62. The Morgan fingerprint density at radius 2 is 2.20 bits per heavy atom. The lowest BCUT2D eigenvalue weighted by Gasteiger charge is -2.29. The van der Waals surface area contributed by atoms with Gasteiger partial charge in [-0.2, -0.15) is 0 Å². The molecule has 2 heterocycles. The van der Waals surface area contributed by atoms with Gasteiger partial charge in [0.15, 0.2) is 0 Å². The summed E-state index contributed by atoms with van der Waals surface area (Å²) < 4.78 is 0. The largest absolute Gasteiger partial charge is 0.341 e. The lowest BCUT2D eigenvalue weighted by Crippen LogP contribution is -2.48. The maximum absolute atomic E-state index is 12.6. The predicted molar refractivity (Wildman–Crippen MR) is 79.4 cm³/mol. The molecule has 1 aromatic rings. The minimum absolute atomic E-state index is 0.0433. The fourth-order valence-electron chi connectivity index (χ4n) is 3.34. The zero-order chi connectivity index (χ0) is 13.9. The maximum Gasteiger partial charge on any atom is 0.240 e. The first-order chi connectivity index (χ1) is 9.78. The molecule has 20 heavy (non-hydrogen) atoms. The number of carbonyl (C=O) groups excluding carboxylic acids is 1. The molecule has 1 amide bonds. The first-order valence-electron chi connectivity index (χ1n) is 7.51. The van der Waals surface area contributed by atoms with Gasteiger partial charge in [-0.3, -0.25) is 4.79 Å². The minimum Gasteiger partial charge on any atom is -0.341 e. The summed E-state index contributed by atoms with van der Waals surface area (Å²) in [5.41, 5.74) is 2.64. The molecule has 4 nitrogen and oxygen atoms in total. The predicted octanol–water partition coefficient (Wildman–Crippen LogP) is 0.769. The van der Waals surface area contributed by atoms with Crippen LogP contribution in [0.3, 0.4) is 0 Å². The Morgan fingerprint density at radius 3 is 3.00 bits per heavy atom. The van der Waals surface area contributed by atoms with E-state index in [1.165, 1.54) is 11.1 Å². The molecule has 2 aliphatic heterocycles. The zero-order valence-corrected chi connectivity index (χ0v) is 12.1. The van der Waals surface area contributed by atoms with Gasteiger partial charge in [0.1, 0.15) is 0 Å². The number of fused-ring (bicyclic) bond motifs is 1. The maximum atomic E-state index is 12.6. The van der Waals surface area contributed by atoms with Crippen LogP contribution < -0.4 is 10.6 Å². The summed E-state index contributed by atoms with van der Waals surface area (Å²) in [7, 11) is 1.98. The van der Waals surface area contributed by atoms with E-state index in [1.54, 1.807) is 0 Å². The number of carbonyl (C=O) groups is 1. The normalized spacial score (nSPS) is 25.6. The summed E-state index contributed by atoms with van der Waals surface area (Å²) in [6.07, 6.45) is 1.94. The smallest absolute Gasteiger partial charge is 0.240 e. The van der Waals surface area contributed by atoms with E-state index in [2.05, 4.69) is 34.9 Å². The molecule has 0 aromatic heterocycles. The van der Waals surface area contributed by atoms with Gasteiger partial charge in [-0.1, -0.05) is 24.3 Å². The Hall–Kier alpha value is -1.39. The third kappa shape index (κ3) is 2.72. The van der Waals surface area contributed by atoms with Crippen LogP contribution in [0, 0.1) is 5.92 Å². The summed E-state index contributed by atoms with van der Waals surface area (Å²) in [4.78, 5) is 14.6. The Bertz CT molecular complexity index is 488. The van der Waals surface area contributed by atoms with E-state index in [0.717, 1.165) is 39.0 Å². The SMILES string of the molecule is CNCC1CCN(C(=O)C2Cc3ccccc3CN2)C1. The fraction of sp³-hybridized carbons (Fsp3) is 0.562. The minimum atomic E-state index is -0.0433. The van der Waals surface area contributed by atoms with Crippen LogP contribution in [-0.4, -0.2) is 43.5 Å². The molecule has 0 bridgehead atoms. The van der Waals surface area contributed by atoms with E-state index < -0.39 is 0 Å². The first-order valence-corrected chi connectivity index (χ1v) is 7.51. The van der Waals surface area contributed by atoms with Gasteiger partial charge in [0, 0.05) is 19.6 Å². The molecule has 3 rings (SSSR count). The molecule has 1 aromatic carbocycles. The highest BCUT2D eigenvalue weighted by atomic mass is 16.2. The number of nitrogens with one attached hydrogen (secondary N) is 2. The van der Waals surface area contributed by atoms with Crippen molar-refractivity contribution in [3.8, 4) is 0 Å². The van der Waals surface area contributed by atoms with Crippen molar-refractivity contribution in [2.45, 2.75) is 25.4 Å². The van der Waals surface area contributed by atoms with Crippen LogP contribution in [-0.2, 0) is 17.8 Å². The molecule has 0 radical (unpaired) electrons. The summed E-state index contributed by atoms with van der Waals surface area (Å²) >= 11 is 0. The third-order valence-corrected chi connectivity index (χ3v) is 4.47. The summed E-state index contributed by atoms with van der Waals surface area (Å²) in [5.74, 6) is 0.887. The van der Waals surface area contributed by atoms with Gasteiger partial charge in [0.25, 0.3) is 0 Å². The highest BCUT2D eigenvalue weighted by molar-refractivity contribution is 5.82. The van der Waals surface area contributed by atoms with Crippen LogP contribution in [0.15, 0.2) is 24.3 Å². The number of hydrogen-bond donors (Lipinski definition) is 2. The molecule has 1 fully saturated rings. The summed E-state index contributed by atoms with van der Waals surface area (Å²) in [6.45, 7) is 3.62. The van der Waals surface area contributed by atoms with Crippen molar-refractivity contribution in [1.82, 2.24) is 15.5 Å². The molecule has 108 valence electrons. The second-order valence-electron chi connectivity index (χ2n) is 5.90. The van der Waals surface area contributed by atoms with Gasteiger partial charge >= 0.3 is 0 Å². The highest BCUT2D eigenvalue weighted by Gasteiger charge is 2.32. The molecule has 0 aliphatic carbocycles. The van der Waals surface area contributed by atoms with Crippen molar-refractivity contribution in [3.05, 3.63) is 35.4 Å². The van der Waals surface area contributed by atoms with Crippen LogP contribution in [0.1, 0.15) is 17.5 Å². The van der Waals surface area contributed by atoms with Crippen LogP contribution in [0.5, 0.6) is 0 Å². The number of hydrogen-bond acceptors (Lipinski definition) is 3. The second-order valence-corrected chi connectivity index (χ2v) is 5.90. The average Bonchev–Trinajstić information content (AvgIpc) is 2.95. The van der Waals surface area contributed by atoms with Crippen LogP contribution in [0.4, 0.5) is 0 Å². The van der Waals surface area contributed by atoms with Crippen molar-refractivity contribution >= 4 is 5.91 Å². The number of benzene rings is 1. The van der Waals surface area contributed by atoms with E-state index in [1.807, 2.05) is 11.9 Å². The Labute approximate surface area is 120 Å². The van der Waals surface area contributed by atoms with Gasteiger partial charge in [-0.15, -0.1) is 0 Å². The monoisotopic (exact) mass is 273 g/mol. The molecular weight excluding hydrogens is 250 g/mol. The molecule has 2 atom stereocenters. The van der Waals surface area contributed by atoms with E-state index in [4.69, 9.17) is 0 Å². The van der Waals surface area contributed by atoms with E-state index in [0.29, 0.717) is 5.92 Å². The summed E-state index contributed by atoms with van der Waals surface area (Å²) in [5, 5.41) is 6.60. The van der Waals surface area contributed by atoms with Gasteiger partial charge in [0.2, 0.25) is 5.91 Å². The molecular formula is C16H23N3O. The number of amides is 1. The van der Waals surface area contributed by atoms with Crippen LogP contribution >= 0.6 is 0 Å². The van der Waals surface area contributed by atoms with E-state index in [-0.39, 0.29) is 11.9 Å². The zero-order valence-electron chi connectivity index (χ0n) is 12.1. The summed E-state index contributed by atoms with van der Waals surface area (Å²) in [6, 6.07) is 8.36. The lowest BCUT2D eigenvalue weighted by molar-refractivity contribution is -0.132. The molecule has 0 spiro atoms. The number of likely N-dealkylation sites (tertiary alicyclic amines) is 1. The lowest BCUT2D eigenvalue weighted by atomic mass is 9.95. The molecule has 2 aliphatic rings. The molecule has 2 unspecified atom stereocenters. The topological polar surface area (TPSA) is 44.4 Å². The van der Waals surface area contributed by atoms with Gasteiger partial charge < -0.3 is 15.5 Å². The van der Waals surface area contributed by atoms with Crippen molar-refractivity contribution in [3.63, 3.8) is 0 Å². The number of rotatable bonds is 3. The van der Waals surface area contributed by atoms with E-state index in [9.17, 15) is 4.79 Å². The van der Waals surface area contributed by atoms with Crippen molar-refractivity contribution in [1.29, 1.82) is 0 Å². The second kappa shape index (κ2) is 5.94. The van der Waals surface area contributed by atoms with Gasteiger partial charge in [-0.05, 0) is 43.5 Å². The standard InChI is InChI=1S/C16H23N3O/c1-17-9-12-6-7-19(11-12)16(20)15-8-13-4-2-3-5-14(13)10-18-15/h2-5,12,15,17-18H,6-11H2,1H3. The first kappa shape index (κ1) is 13.6. The van der Waals surface area contributed by atoms with Crippen molar-refractivity contribution in [2.24, 2.45) is 5.92 Å². The van der Waals surface area contributed by atoms with Gasteiger partial charge in [-0.25, -0.2) is 0 Å². The quantitative estimate of drug-likeness (QED) is 0.855. The molecule has 4 heteroatoms. The van der Waals surface area contributed by atoms with Crippen LogP contribution in [0.2, 0.25) is 0 Å². The van der Waals surface area contributed by atoms with Crippen molar-refractivity contribution in [2.75, 3.05) is 26.7 Å². The van der Waals surface area contributed by atoms with Gasteiger partial charge in [0.05, 0.1) is 6.04 Å².